The maximum absolute atomic E-state index is 14.0. The van der Waals surface area contributed by atoms with Gasteiger partial charge in [-0.2, -0.15) is 0 Å². The van der Waals surface area contributed by atoms with Crippen LogP contribution in [0, 0.1) is 30.9 Å². The number of halogens is 3. The lowest BCUT2D eigenvalue weighted by Gasteiger charge is -2.43. The van der Waals surface area contributed by atoms with Crippen molar-refractivity contribution in [1.82, 2.24) is 9.55 Å². The normalized spacial score (nSPS) is 19.2. The zero-order valence-electron chi connectivity index (χ0n) is 18.5. The van der Waals surface area contributed by atoms with Gasteiger partial charge < -0.3 is 10.6 Å². The monoisotopic (exact) mass is 470 g/mol. The molecule has 3 aromatic rings. The minimum atomic E-state index is -1.18. The van der Waals surface area contributed by atoms with Crippen LogP contribution in [0.3, 0.4) is 0 Å². The quantitative estimate of drug-likeness (QED) is 0.555. The fraction of sp³-hybridized carbons (Fsp3) is 0.360. The summed E-state index contributed by atoms with van der Waals surface area (Å²) in [6.45, 7) is 4.85. The third-order valence-corrected chi connectivity index (χ3v) is 7.72. The molecule has 1 saturated heterocycles. The number of rotatable bonds is 2. The van der Waals surface area contributed by atoms with Crippen LogP contribution in [0.4, 0.5) is 14.6 Å². The van der Waals surface area contributed by atoms with Gasteiger partial charge in [-0.3, -0.25) is 9.36 Å². The fourth-order valence-electron chi connectivity index (χ4n) is 5.45. The molecular weight excluding hydrogens is 446 g/mol. The lowest BCUT2D eigenvalue weighted by Crippen LogP contribution is -2.45. The number of anilines is 1. The molecule has 2 aromatic carbocycles. The van der Waals surface area contributed by atoms with E-state index in [9.17, 15) is 13.6 Å². The largest absolute Gasteiger partial charge is 0.356 e. The number of benzene rings is 2. The van der Waals surface area contributed by atoms with Crippen molar-refractivity contribution in [1.29, 1.82) is 0 Å². The highest BCUT2D eigenvalue weighted by molar-refractivity contribution is 6.32. The molecule has 0 amide bonds. The van der Waals surface area contributed by atoms with E-state index < -0.39 is 16.7 Å². The van der Waals surface area contributed by atoms with E-state index in [2.05, 4.69) is 28.1 Å². The average molecular weight is 471 g/mol. The van der Waals surface area contributed by atoms with E-state index in [4.69, 9.17) is 17.3 Å². The minimum Gasteiger partial charge on any atom is -0.356 e. The zero-order valence-corrected chi connectivity index (χ0v) is 19.3. The standard InChI is InChI=1S/C25H25ClF2N4O/c1-14-23(30-15(2)32(24(14)33)19-8-7-18(27)21(28)20(19)26)31-11-9-25(10-12-31)13-16-5-3-4-6-17(16)22(25)29/h3-8,22H,9-13,29H2,1-2H3/t22-/m1/s1. The highest BCUT2D eigenvalue weighted by Crippen LogP contribution is 2.51. The second-order valence-corrected chi connectivity index (χ2v) is 9.52. The molecule has 5 rings (SSSR count). The van der Waals surface area contributed by atoms with E-state index in [1.807, 2.05) is 6.07 Å². The van der Waals surface area contributed by atoms with Crippen molar-refractivity contribution >= 4 is 17.4 Å². The Bertz CT molecular complexity index is 1310. The third kappa shape index (κ3) is 3.37. The molecule has 172 valence electrons. The van der Waals surface area contributed by atoms with Gasteiger partial charge in [-0.25, -0.2) is 13.8 Å². The Morgan fingerprint density at radius 1 is 1.12 bits per heavy atom. The van der Waals surface area contributed by atoms with Crippen molar-refractivity contribution in [3.8, 4) is 5.69 Å². The average Bonchev–Trinajstić information content (AvgIpc) is 3.08. The van der Waals surface area contributed by atoms with Gasteiger partial charge in [0.05, 0.1) is 11.3 Å². The molecule has 1 atom stereocenters. The molecule has 0 unspecified atom stereocenters. The van der Waals surface area contributed by atoms with Crippen LogP contribution in [-0.4, -0.2) is 22.6 Å². The Labute approximate surface area is 195 Å². The maximum atomic E-state index is 14.0. The molecule has 2 N–H and O–H groups in total. The summed E-state index contributed by atoms with van der Waals surface area (Å²) in [6, 6.07) is 10.6. The Kier molecular flexibility index (Phi) is 5.29. The molecule has 1 aliphatic carbocycles. The number of hydrogen-bond donors (Lipinski definition) is 1. The molecule has 1 fully saturated rings. The molecule has 2 aliphatic rings. The summed E-state index contributed by atoms with van der Waals surface area (Å²) in [6.07, 6.45) is 2.78. The SMILES string of the molecule is Cc1c(N2CCC3(CC2)Cc2ccccc2[C@H]3N)nc(C)n(-c2ccc(F)c(F)c2Cl)c1=O. The summed E-state index contributed by atoms with van der Waals surface area (Å²) < 4.78 is 28.8. The second-order valence-electron chi connectivity index (χ2n) is 9.15. The van der Waals surface area contributed by atoms with Crippen molar-refractivity contribution < 1.29 is 8.78 Å². The highest BCUT2D eigenvalue weighted by atomic mass is 35.5. The molecule has 8 heteroatoms. The molecule has 0 radical (unpaired) electrons. The molecule has 5 nitrogen and oxygen atoms in total. The van der Waals surface area contributed by atoms with Gasteiger partial charge in [0, 0.05) is 19.1 Å². The number of aryl methyl sites for hydroxylation is 1. The van der Waals surface area contributed by atoms with Crippen LogP contribution in [0.1, 0.15) is 41.4 Å². The fourth-order valence-corrected chi connectivity index (χ4v) is 5.68. The number of aromatic nitrogens is 2. The van der Waals surface area contributed by atoms with E-state index in [1.54, 1.807) is 13.8 Å². The smallest absolute Gasteiger partial charge is 0.263 e. The zero-order chi connectivity index (χ0) is 23.5. The predicted octanol–water partition coefficient (Wildman–Crippen LogP) is 4.62. The van der Waals surface area contributed by atoms with Gasteiger partial charge in [0.15, 0.2) is 11.6 Å². The van der Waals surface area contributed by atoms with E-state index in [-0.39, 0.29) is 22.7 Å². The Morgan fingerprint density at radius 3 is 2.52 bits per heavy atom. The Hall–Kier alpha value is -2.77. The molecule has 1 aliphatic heterocycles. The van der Waals surface area contributed by atoms with Gasteiger partial charge in [-0.15, -0.1) is 0 Å². The number of hydrogen-bond acceptors (Lipinski definition) is 4. The number of fused-ring (bicyclic) bond motifs is 1. The minimum absolute atomic E-state index is 0.00941. The summed E-state index contributed by atoms with van der Waals surface area (Å²) in [5.74, 6) is -1.27. The lowest BCUT2D eigenvalue weighted by molar-refractivity contribution is 0.187. The number of nitrogens with zero attached hydrogens (tertiary/aromatic N) is 3. The number of nitrogens with two attached hydrogens (primary N) is 1. The van der Waals surface area contributed by atoms with Gasteiger partial charge in [-0.05, 0) is 61.8 Å². The van der Waals surface area contributed by atoms with Crippen molar-refractivity contribution in [2.24, 2.45) is 11.1 Å². The van der Waals surface area contributed by atoms with Crippen LogP contribution in [0.2, 0.25) is 5.02 Å². The van der Waals surface area contributed by atoms with Gasteiger partial charge in [0.25, 0.3) is 5.56 Å². The second kappa shape index (κ2) is 7.92. The third-order valence-electron chi connectivity index (χ3n) is 7.36. The van der Waals surface area contributed by atoms with Crippen LogP contribution >= 0.6 is 11.6 Å². The first-order valence-corrected chi connectivity index (χ1v) is 11.4. The first kappa shape index (κ1) is 22.0. The molecule has 1 spiro atoms. The van der Waals surface area contributed by atoms with Crippen LogP contribution < -0.4 is 16.2 Å². The molecule has 0 bridgehead atoms. The van der Waals surface area contributed by atoms with Gasteiger partial charge in [0.2, 0.25) is 0 Å². The van der Waals surface area contributed by atoms with Crippen LogP contribution in [-0.2, 0) is 6.42 Å². The summed E-state index contributed by atoms with van der Waals surface area (Å²) in [5.41, 5.74) is 9.44. The van der Waals surface area contributed by atoms with Crippen LogP contribution in [0.5, 0.6) is 0 Å². The van der Waals surface area contributed by atoms with Gasteiger partial charge in [-0.1, -0.05) is 35.9 Å². The molecular formula is C25H25ClF2N4O. The topological polar surface area (TPSA) is 64.2 Å². The van der Waals surface area contributed by atoms with Crippen molar-refractivity contribution in [3.63, 3.8) is 0 Å². The van der Waals surface area contributed by atoms with Crippen molar-refractivity contribution in [2.75, 3.05) is 18.0 Å². The molecule has 1 aromatic heterocycles. The van der Waals surface area contributed by atoms with Gasteiger partial charge >= 0.3 is 0 Å². The number of piperidine rings is 1. The predicted molar refractivity (Wildman–Crippen MR) is 125 cm³/mol. The first-order valence-electron chi connectivity index (χ1n) is 11.1. The maximum Gasteiger partial charge on any atom is 0.263 e. The first-order chi connectivity index (χ1) is 15.7. The molecule has 2 heterocycles. The summed E-state index contributed by atoms with van der Waals surface area (Å²) in [7, 11) is 0. The highest BCUT2D eigenvalue weighted by Gasteiger charge is 2.46. The Balaban J connectivity index is 1.44. The van der Waals surface area contributed by atoms with E-state index >= 15 is 0 Å². The van der Waals surface area contributed by atoms with Crippen LogP contribution in [0.25, 0.3) is 5.69 Å². The summed E-state index contributed by atoms with van der Waals surface area (Å²) in [5, 5.41) is -0.441. The lowest BCUT2D eigenvalue weighted by atomic mass is 9.73. The van der Waals surface area contributed by atoms with Crippen molar-refractivity contribution in [3.05, 3.63) is 85.9 Å². The van der Waals surface area contributed by atoms with E-state index in [1.165, 1.54) is 21.8 Å². The van der Waals surface area contributed by atoms with Gasteiger partial charge in [0.1, 0.15) is 16.7 Å². The molecule has 0 saturated carbocycles. The van der Waals surface area contributed by atoms with Crippen LogP contribution in [0.15, 0.2) is 41.2 Å². The van der Waals surface area contributed by atoms with E-state index in [0.717, 1.165) is 38.4 Å². The molecule has 33 heavy (non-hydrogen) atoms. The van der Waals surface area contributed by atoms with E-state index in [0.29, 0.717) is 17.2 Å². The summed E-state index contributed by atoms with van der Waals surface area (Å²) in [4.78, 5) is 20.1. The van der Waals surface area contributed by atoms with Crippen molar-refractivity contribution in [2.45, 2.75) is 39.2 Å². The Morgan fingerprint density at radius 2 is 1.82 bits per heavy atom. The summed E-state index contributed by atoms with van der Waals surface area (Å²) >= 11 is 6.01.